The number of hydrazine groups is 1. The second-order valence-corrected chi connectivity index (χ2v) is 6.91. The van der Waals surface area contributed by atoms with Crippen LogP contribution in [0.4, 0.5) is 0 Å². The minimum Gasteiger partial charge on any atom is -0.448 e. The van der Waals surface area contributed by atoms with Crippen LogP contribution in [-0.2, 0) is 22.4 Å². The monoisotopic (exact) mass is 358 g/mol. The molecule has 0 spiro atoms. The van der Waals surface area contributed by atoms with Crippen molar-refractivity contribution in [2.75, 3.05) is 0 Å². The molecular formula is C18H18N2O4S. The van der Waals surface area contributed by atoms with Gasteiger partial charge in [0.05, 0.1) is 0 Å². The van der Waals surface area contributed by atoms with E-state index in [1.165, 1.54) is 28.7 Å². The van der Waals surface area contributed by atoms with Gasteiger partial charge in [0, 0.05) is 10.4 Å². The molecule has 3 rings (SSSR count). The Morgan fingerprint density at radius 2 is 1.88 bits per heavy atom. The fourth-order valence-electron chi connectivity index (χ4n) is 2.58. The zero-order chi connectivity index (χ0) is 17.8. The molecule has 0 unspecified atom stereocenters. The molecule has 0 fully saturated rings. The average Bonchev–Trinajstić information content (AvgIpc) is 3.22. The van der Waals surface area contributed by atoms with Gasteiger partial charge in [-0.2, -0.15) is 0 Å². The number of carbonyl (C=O) groups excluding carboxylic acids is 3. The SMILES string of the molecule is C[C@H](OC(=O)c1cc2c(s1)CCC2)C(=O)NNC(=O)c1ccccc1. The summed E-state index contributed by atoms with van der Waals surface area (Å²) in [6.45, 7) is 1.46. The van der Waals surface area contributed by atoms with Gasteiger partial charge in [0.2, 0.25) is 0 Å². The molecule has 0 radical (unpaired) electrons. The van der Waals surface area contributed by atoms with Gasteiger partial charge in [-0.25, -0.2) is 4.79 Å². The molecule has 6 nitrogen and oxygen atoms in total. The molecule has 1 aromatic heterocycles. The molecular weight excluding hydrogens is 340 g/mol. The summed E-state index contributed by atoms with van der Waals surface area (Å²) in [5, 5.41) is 0. The Morgan fingerprint density at radius 3 is 2.60 bits per heavy atom. The van der Waals surface area contributed by atoms with Gasteiger partial charge in [-0.3, -0.25) is 20.4 Å². The number of carbonyl (C=O) groups is 3. The highest BCUT2D eigenvalue weighted by atomic mass is 32.1. The molecule has 2 N–H and O–H groups in total. The zero-order valence-corrected chi connectivity index (χ0v) is 14.5. The summed E-state index contributed by atoms with van der Waals surface area (Å²) in [5.41, 5.74) is 6.18. The van der Waals surface area contributed by atoms with Crippen molar-refractivity contribution in [3.8, 4) is 0 Å². The lowest BCUT2D eigenvalue weighted by Crippen LogP contribution is -2.46. The predicted molar refractivity (Wildman–Crippen MR) is 93.3 cm³/mol. The molecule has 0 aliphatic heterocycles. The first-order valence-corrected chi connectivity index (χ1v) is 8.84. The lowest BCUT2D eigenvalue weighted by Gasteiger charge is -2.13. The molecule has 2 aromatic rings. The van der Waals surface area contributed by atoms with Crippen molar-refractivity contribution in [1.82, 2.24) is 10.9 Å². The van der Waals surface area contributed by atoms with Crippen LogP contribution in [-0.4, -0.2) is 23.9 Å². The Morgan fingerprint density at radius 1 is 1.12 bits per heavy atom. The van der Waals surface area contributed by atoms with Gasteiger partial charge in [-0.15, -0.1) is 11.3 Å². The Balaban J connectivity index is 1.50. The predicted octanol–water partition coefficient (Wildman–Crippen LogP) is 2.24. The lowest BCUT2D eigenvalue weighted by atomic mass is 10.2. The smallest absolute Gasteiger partial charge is 0.349 e. The summed E-state index contributed by atoms with van der Waals surface area (Å²) < 4.78 is 5.18. The molecule has 1 aromatic carbocycles. The molecule has 0 saturated carbocycles. The maximum absolute atomic E-state index is 12.1. The largest absolute Gasteiger partial charge is 0.448 e. The average molecular weight is 358 g/mol. The molecule has 1 atom stereocenters. The van der Waals surface area contributed by atoms with Crippen LogP contribution < -0.4 is 10.9 Å². The number of ether oxygens (including phenoxy) is 1. The van der Waals surface area contributed by atoms with Gasteiger partial charge < -0.3 is 4.74 Å². The minimum absolute atomic E-state index is 0.417. The Labute approximate surface area is 149 Å². The summed E-state index contributed by atoms with van der Waals surface area (Å²) >= 11 is 1.42. The summed E-state index contributed by atoms with van der Waals surface area (Å²) in [5.74, 6) is -1.56. The molecule has 0 saturated heterocycles. The molecule has 2 amide bonds. The minimum atomic E-state index is -1.01. The van der Waals surface area contributed by atoms with Gasteiger partial charge in [0.1, 0.15) is 4.88 Å². The molecule has 1 aliphatic rings. The highest BCUT2D eigenvalue weighted by Gasteiger charge is 2.23. The van der Waals surface area contributed by atoms with Crippen molar-refractivity contribution < 1.29 is 19.1 Å². The van der Waals surface area contributed by atoms with Crippen molar-refractivity contribution in [3.05, 3.63) is 57.3 Å². The normalized spacial score (nSPS) is 13.6. The number of esters is 1. The first kappa shape index (κ1) is 17.2. The first-order valence-electron chi connectivity index (χ1n) is 8.02. The molecule has 1 aliphatic carbocycles. The first-order chi connectivity index (χ1) is 12.0. The van der Waals surface area contributed by atoms with Gasteiger partial charge in [-0.05, 0) is 49.9 Å². The van der Waals surface area contributed by atoms with E-state index in [0.717, 1.165) is 19.3 Å². The molecule has 0 bridgehead atoms. The third-order valence-electron chi connectivity index (χ3n) is 3.94. The van der Waals surface area contributed by atoms with E-state index >= 15 is 0 Å². The standard InChI is InChI=1S/C18H18N2O4S/c1-11(16(21)19-20-17(22)12-6-3-2-4-7-12)24-18(23)15-10-13-8-5-9-14(13)25-15/h2-4,6-7,10-11H,5,8-9H2,1H3,(H,19,21)(H,20,22)/t11-/m0/s1. The van der Waals surface area contributed by atoms with E-state index < -0.39 is 23.9 Å². The van der Waals surface area contributed by atoms with E-state index in [-0.39, 0.29) is 0 Å². The number of benzene rings is 1. The number of amides is 2. The van der Waals surface area contributed by atoms with Gasteiger partial charge in [-0.1, -0.05) is 18.2 Å². The van der Waals surface area contributed by atoms with Crippen LogP contribution in [0.15, 0.2) is 36.4 Å². The number of hydrogen-bond donors (Lipinski definition) is 2. The fourth-order valence-corrected chi connectivity index (χ4v) is 3.72. The topological polar surface area (TPSA) is 84.5 Å². The van der Waals surface area contributed by atoms with Crippen molar-refractivity contribution in [1.29, 1.82) is 0 Å². The highest BCUT2D eigenvalue weighted by Crippen LogP contribution is 2.31. The molecule has 7 heteroatoms. The van der Waals surface area contributed by atoms with Crippen molar-refractivity contribution >= 4 is 29.1 Å². The van der Waals surface area contributed by atoms with E-state index in [0.29, 0.717) is 10.4 Å². The van der Waals surface area contributed by atoms with Crippen LogP contribution >= 0.6 is 11.3 Å². The molecule has 25 heavy (non-hydrogen) atoms. The van der Waals surface area contributed by atoms with Crippen molar-refractivity contribution in [2.45, 2.75) is 32.3 Å². The summed E-state index contributed by atoms with van der Waals surface area (Å²) in [6.07, 6.45) is 2.09. The van der Waals surface area contributed by atoms with Crippen LogP contribution in [0.3, 0.4) is 0 Å². The Kier molecular flexibility index (Phi) is 5.14. The number of thiophene rings is 1. The van der Waals surface area contributed by atoms with E-state index in [1.807, 2.05) is 6.07 Å². The van der Waals surface area contributed by atoms with Crippen LogP contribution in [0.1, 0.15) is 43.8 Å². The summed E-state index contributed by atoms with van der Waals surface area (Å²) in [7, 11) is 0. The van der Waals surface area contributed by atoms with E-state index in [4.69, 9.17) is 4.74 Å². The number of rotatable bonds is 4. The van der Waals surface area contributed by atoms with Gasteiger partial charge in [0.15, 0.2) is 6.10 Å². The van der Waals surface area contributed by atoms with Crippen LogP contribution in [0.25, 0.3) is 0 Å². The second kappa shape index (κ2) is 7.48. The van der Waals surface area contributed by atoms with Crippen LogP contribution in [0.5, 0.6) is 0 Å². The van der Waals surface area contributed by atoms with Crippen molar-refractivity contribution in [2.24, 2.45) is 0 Å². The van der Waals surface area contributed by atoms with Crippen LogP contribution in [0, 0.1) is 0 Å². The quantitative estimate of drug-likeness (QED) is 0.648. The van der Waals surface area contributed by atoms with Crippen LogP contribution in [0.2, 0.25) is 0 Å². The van der Waals surface area contributed by atoms with E-state index in [9.17, 15) is 14.4 Å². The number of nitrogens with one attached hydrogen (secondary N) is 2. The number of aryl methyl sites for hydroxylation is 2. The third-order valence-corrected chi connectivity index (χ3v) is 5.15. The summed E-state index contributed by atoms with van der Waals surface area (Å²) in [6, 6.07) is 10.3. The molecule has 130 valence electrons. The Bertz CT molecular complexity index is 779. The third kappa shape index (κ3) is 4.06. The van der Waals surface area contributed by atoms with Crippen molar-refractivity contribution in [3.63, 3.8) is 0 Å². The second-order valence-electron chi connectivity index (χ2n) is 5.77. The summed E-state index contributed by atoms with van der Waals surface area (Å²) in [4.78, 5) is 37.7. The maximum atomic E-state index is 12.1. The maximum Gasteiger partial charge on any atom is 0.349 e. The number of fused-ring (bicyclic) bond motifs is 1. The van der Waals surface area contributed by atoms with Gasteiger partial charge in [0.25, 0.3) is 11.8 Å². The van der Waals surface area contributed by atoms with Gasteiger partial charge >= 0.3 is 5.97 Å². The highest BCUT2D eigenvalue weighted by molar-refractivity contribution is 7.14. The fraction of sp³-hybridized carbons (Fsp3) is 0.278. The lowest BCUT2D eigenvalue weighted by molar-refractivity contribution is -0.129. The van der Waals surface area contributed by atoms with E-state index in [2.05, 4.69) is 10.9 Å². The Hall–Kier alpha value is -2.67. The zero-order valence-electron chi connectivity index (χ0n) is 13.7. The number of hydrogen-bond acceptors (Lipinski definition) is 5. The van der Waals surface area contributed by atoms with E-state index in [1.54, 1.807) is 30.3 Å². The molecule has 1 heterocycles.